The Morgan fingerprint density at radius 2 is 1.16 bits per heavy atom. The molecule has 3 nitrogen and oxygen atoms in total. The number of carbonyl (C=O) groups excluding carboxylic acids is 2. The molecule has 2 N–H and O–H groups in total. The van der Waals surface area contributed by atoms with Crippen molar-refractivity contribution >= 4 is 22.8 Å². The number of rotatable bonds is 4. The van der Waals surface area contributed by atoms with Gasteiger partial charge in [-0.05, 0) is 53.9 Å². The van der Waals surface area contributed by atoms with E-state index in [9.17, 15) is 18.4 Å². The standard InChI is InChI=1S/C9H8ClFO.C9H10FNO.CH4/c1-6(9(10)12)7-2-4-8(11)5-3-7;1-6(9(11)12)7-2-4-8(10)5-3-7;/h2-6H,1H3;2-6H,1H3,(H2,11,12);1H4. The zero-order chi connectivity index (χ0) is 18.3. The minimum absolute atomic E-state index is 0. The summed E-state index contributed by atoms with van der Waals surface area (Å²) in [6.07, 6.45) is 0. The first-order chi connectivity index (χ1) is 11.2. The van der Waals surface area contributed by atoms with Crippen LogP contribution < -0.4 is 5.73 Å². The van der Waals surface area contributed by atoms with Crippen LogP contribution in [-0.4, -0.2) is 11.1 Å². The Hall–Kier alpha value is -2.27. The summed E-state index contributed by atoms with van der Waals surface area (Å²) in [4.78, 5) is 21.4. The molecule has 0 saturated carbocycles. The Labute approximate surface area is 151 Å². The summed E-state index contributed by atoms with van der Waals surface area (Å²) in [6, 6.07) is 11.5. The highest BCUT2D eigenvalue weighted by Crippen LogP contribution is 2.17. The van der Waals surface area contributed by atoms with Crippen LogP contribution in [0.3, 0.4) is 0 Å². The van der Waals surface area contributed by atoms with Gasteiger partial charge in [-0.25, -0.2) is 8.78 Å². The third-order valence-corrected chi connectivity index (χ3v) is 3.83. The Morgan fingerprint density at radius 1 is 0.840 bits per heavy atom. The third-order valence-electron chi connectivity index (χ3n) is 3.51. The first-order valence-electron chi connectivity index (χ1n) is 7.22. The van der Waals surface area contributed by atoms with Crippen molar-refractivity contribution in [3.63, 3.8) is 0 Å². The van der Waals surface area contributed by atoms with Gasteiger partial charge in [-0.2, -0.15) is 0 Å². The zero-order valence-corrected chi connectivity index (χ0v) is 14.1. The summed E-state index contributed by atoms with van der Waals surface area (Å²) in [5, 5.41) is -0.429. The molecular weight excluding hydrogens is 348 g/mol. The van der Waals surface area contributed by atoms with Crippen molar-refractivity contribution in [1.82, 2.24) is 0 Å². The van der Waals surface area contributed by atoms with Crippen molar-refractivity contribution in [3.05, 3.63) is 71.3 Å². The fraction of sp³-hybridized carbons (Fsp3) is 0.263. The largest absolute Gasteiger partial charge is 0.369 e. The van der Waals surface area contributed by atoms with Crippen molar-refractivity contribution in [3.8, 4) is 0 Å². The van der Waals surface area contributed by atoms with Crippen molar-refractivity contribution in [2.45, 2.75) is 33.1 Å². The van der Waals surface area contributed by atoms with E-state index in [1.165, 1.54) is 24.3 Å². The summed E-state index contributed by atoms with van der Waals surface area (Å²) in [6.45, 7) is 3.37. The number of carbonyl (C=O) groups is 2. The van der Waals surface area contributed by atoms with Crippen molar-refractivity contribution in [1.29, 1.82) is 0 Å². The minimum Gasteiger partial charge on any atom is -0.369 e. The molecule has 2 aromatic rings. The van der Waals surface area contributed by atoms with Crippen LogP contribution in [0.15, 0.2) is 48.5 Å². The Morgan fingerprint density at radius 3 is 1.44 bits per heavy atom. The van der Waals surface area contributed by atoms with Crippen LogP contribution in [0, 0.1) is 11.6 Å². The topological polar surface area (TPSA) is 60.2 Å². The lowest BCUT2D eigenvalue weighted by atomic mass is 10.0. The molecule has 0 spiro atoms. The van der Waals surface area contributed by atoms with E-state index in [1.807, 2.05) is 0 Å². The molecule has 136 valence electrons. The van der Waals surface area contributed by atoms with E-state index in [2.05, 4.69) is 0 Å². The molecule has 0 aliphatic rings. The molecule has 1 amide bonds. The fourth-order valence-electron chi connectivity index (χ4n) is 1.80. The number of nitrogens with two attached hydrogens (primary N) is 1. The van der Waals surface area contributed by atoms with Gasteiger partial charge in [0, 0.05) is 0 Å². The van der Waals surface area contributed by atoms with Crippen molar-refractivity contribution in [2.75, 3.05) is 0 Å². The highest BCUT2D eigenvalue weighted by Gasteiger charge is 2.12. The molecule has 0 saturated heterocycles. The normalized spacial score (nSPS) is 12.0. The van der Waals surface area contributed by atoms with E-state index in [-0.39, 0.29) is 30.9 Å². The van der Waals surface area contributed by atoms with E-state index >= 15 is 0 Å². The van der Waals surface area contributed by atoms with E-state index in [4.69, 9.17) is 17.3 Å². The van der Waals surface area contributed by atoms with Gasteiger partial charge in [0.2, 0.25) is 11.1 Å². The number of benzene rings is 2. The van der Waals surface area contributed by atoms with Crippen molar-refractivity contribution < 1.29 is 18.4 Å². The lowest BCUT2D eigenvalue weighted by Gasteiger charge is -2.05. The Balaban J connectivity index is 0.000000443. The van der Waals surface area contributed by atoms with Gasteiger partial charge in [-0.15, -0.1) is 0 Å². The van der Waals surface area contributed by atoms with Crippen LogP contribution in [0.2, 0.25) is 0 Å². The predicted octanol–water partition coefficient (Wildman–Crippen LogP) is 4.75. The molecule has 2 rings (SSSR count). The van der Waals surface area contributed by atoms with Gasteiger partial charge < -0.3 is 5.73 Å². The summed E-state index contributed by atoms with van der Waals surface area (Å²) >= 11 is 5.27. The lowest BCUT2D eigenvalue weighted by molar-refractivity contribution is -0.119. The number of hydrogen-bond acceptors (Lipinski definition) is 2. The minimum atomic E-state index is -0.429. The van der Waals surface area contributed by atoms with Crippen LogP contribution in [-0.2, 0) is 9.59 Å². The lowest BCUT2D eigenvalue weighted by Crippen LogP contribution is -2.18. The first-order valence-corrected chi connectivity index (χ1v) is 7.59. The molecule has 0 aliphatic carbocycles. The molecular formula is C19H22ClF2NO2. The molecule has 2 unspecified atom stereocenters. The second kappa shape index (κ2) is 10.6. The summed E-state index contributed by atoms with van der Waals surface area (Å²) in [5.74, 6) is -1.75. The van der Waals surface area contributed by atoms with Gasteiger partial charge in [0.15, 0.2) is 0 Å². The fourth-order valence-corrected chi connectivity index (χ4v) is 1.92. The smallest absolute Gasteiger partial charge is 0.228 e. The highest BCUT2D eigenvalue weighted by atomic mass is 35.5. The Bertz CT molecular complexity index is 626. The second-order valence-electron chi connectivity index (χ2n) is 5.25. The molecule has 6 heteroatoms. The van der Waals surface area contributed by atoms with Gasteiger partial charge in [-0.1, -0.05) is 38.6 Å². The zero-order valence-electron chi connectivity index (χ0n) is 13.3. The van der Waals surface area contributed by atoms with Gasteiger partial charge in [0.05, 0.1) is 11.8 Å². The molecule has 0 aromatic heterocycles. The monoisotopic (exact) mass is 369 g/mol. The summed E-state index contributed by atoms with van der Waals surface area (Å²) < 4.78 is 24.9. The van der Waals surface area contributed by atoms with Crippen LogP contribution in [0.4, 0.5) is 8.78 Å². The predicted molar refractivity (Wildman–Crippen MR) is 96.4 cm³/mol. The van der Waals surface area contributed by atoms with Gasteiger partial charge >= 0.3 is 0 Å². The molecule has 0 fully saturated rings. The third kappa shape index (κ3) is 7.44. The highest BCUT2D eigenvalue weighted by molar-refractivity contribution is 6.64. The van der Waals surface area contributed by atoms with Gasteiger partial charge in [0.1, 0.15) is 11.6 Å². The van der Waals surface area contributed by atoms with E-state index in [0.29, 0.717) is 0 Å². The van der Waals surface area contributed by atoms with Crippen LogP contribution in [0.25, 0.3) is 0 Å². The number of halogens is 3. The number of amides is 1. The molecule has 0 radical (unpaired) electrons. The maximum Gasteiger partial charge on any atom is 0.228 e. The maximum atomic E-state index is 12.4. The Kier molecular flexibility index (Phi) is 9.61. The molecule has 0 bridgehead atoms. The van der Waals surface area contributed by atoms with Gasteiger partial charge in [0.25, 0.3) is 0 Å². The summed E-state index contributed by atoms with van der Waals surface area (Å²) in [7, 11) is 0. The molecule has 0 aliphatic heterocycles. The number of hydrogen-bond donors (Lipinski definition) is 1. The molecule has 25 heavy (non-hydrogen) atoms. The van der Waals surface area contributed by atoms with E-state index in [0.717, 1.165) is 11.1 Å². The molecule has 2 aromatic carbocycles. The first kappa shape index (κ1) is 22.7. The maximum absolute atomic E-state index is 12.4. The molecule has 2 atom stereocenters. The number of primary amides is 1. The summed E-state index contributed by atoms with van der Waals surface area (Å²) in [5.41, 5.74) is 6.55. The van der Waals surface area contributed by atoms with Crippen LogP contribution >= 0.6 is 11.6 Å². The van der Waals surface area contributed by atoms with E-state index < -0.39 is 11.1 Å². The van der Waals surface area contributed by atoms with Crippen molar-refractivity contribution in [2.24, 2.45) is 5.73 Å². The SMILES string of the molecule is C.CC(C(=O)Cl)c1ccc(F)cc1.CC(C(N)=O)c1ccc(F)cc1. The van der Waals surface area contributed by atoms with Crippen LogP contribution in [0.1, 0.15) is 44.2 Å². The average molecular weight is 370 g/mol. The van der Waals surface area contributed by atoms with E-state index in [1.54, 1.807) is 38.1 Å². The van der Waals surface area contributed by atoms with Crippen LogP contribution in [0.5, 0.6) is 0 Å². The quantitative estimate of drug-likeness (QED) is 0.791. The average Bonchev–Trinajstić information content (AvgIpc) is 2.55. The van der Waals surface area contributed by atoms with Gasteiger partial charge in [-0.3, -0.25) is 9.59 Å². The second-order valence-corrected chi connectivity index (χ2v) is 5.63. The molecule has 0 heterocycles.